The van der Waals surface area contributed by atoms with E-state index in [9.17, 15) is 4.79 Å². The largest absolute Gasteiger partial charge is 0.493 e. The zero-order valence-electron chi connectivity index (χ0n) is 21.8. The maximum Gasteiger partial charge on any atom is 0.416 e. The van der Waals surface area contributed by atoms with Gasteiger partial charge in [0, 0.05) is 12.6 Å². The fraction of sp³-hybridized carbons (Fsp3) is 0.593. The third kappa shape index (κ3) is 6.69. The van der Waals surface area contributed by atoms with Gasteiger partial charge in [0.25, 0.3) is 0 Å². The predicted octanol–water partition coefficient (Wildman–Crippen LogP) is 5.69. The zero-order chi connectivity index (χ0) is 25.0. The molecule has 3 rings (SSSR count). The molecule has 0 radical (unpaired) electrons. The van der Waals surface area contributed by atoms with Gasteiger partial charge in [-0.05, 0) is 69.7 Å². The Kier molecular flexibility index (Phi) is 8.18. The Balaban J connectivity index is 1.73. The lowest BCUT2D eigenvalue weighted by atomic mass is 9.95. The molecule has 7 heteroatoms. The molecule has 0 aliphatic carbocycles. The fourth-order valence-electron chi connectivity index (χ4n) is 4.09. The number of hydrogen-bond donors (Lipinski definition) is 0. The number of carbonyl (C=O) groups is 1. The minimum absolute atomic E-state index is 0.205. The molecule has 1 fully saturated rings. The first-order valence-corrected chi connectivity index (χ1v) is 12.1. The molecular formula is C27H39N3O4. The first-order chi connectivity index (χ1) is 15.9. The molecule has 1 aliphatic heterocycles. The van der Waals surface area contributed by atoms with Gasteiger partial charge in [0.05, 0.1) is 18.3 Å². The highest BCUT2D eigenvalue weighted by Gasteiger charge is 2.40. The maximum absolute atomic E-state index is 12.6. The lowest BCUT2D eigenvalue weighted by molar-refractivity contribution is -0.0618. The first-order valence-electron chi connectivity index (χ1n) is 12.1. The second-order valence-electron chi connectivity index (χ2n) is 10.6. The normalized spacial score (nSPS) is 18.2. The zero-order valence-corrected chi connectivity index (χ0v) is 21.8. The van der Waals surface area contributed by atoms with Crippen LogP contribution in [-0.4, -0.2) is 47.0 Å². The minimum Gasteiger partial charge on any atom is -0.493 e. The van der Waals surface area contributed by atoms with Crippen LogP contribution in [0.1, 0.15) is 71.3 Å². The molecule has 1 aromatic carbocycles. The summed E-state index contributed by atoms with van der Waals surface area (Å²) in [6, 6.07) is 7.83. The number of rotatable bonds is 9. The smallest absolute Gasteiger partial charge is 0.416 e. The summed E-state index contributed by atoms with van der Waals surface area (Å²) in [5, 5.41) is 0. The summed E-state index contributed by atoms with van der Waals surface area (Å²) in [6.45, 7) is 17.5. The SMILES string of the molecule is Cc1cc([C@H](C)Cc2nccc(N3C(=O)OC[C@@H]3[C@@H](C)OC(C)(C)C)n2)ccc1OCC(C)C. The van der Waals surface area contributed by atoms with Crippen molar-refractivity contribution >= 4 is 11.9 Å². The molecular weight excluding hydrogens is 430 g/mol. The number of aryl methyl sites for hydroxylation is 1. The summed E-state index contributed by atoms with van der Waals surface area (Å²) < 4.78 is 17.4. The highest BCUT2D eigenvalue weighted by molar-refractivity contribution is 5.89. The molecule has 1 amide bonds. The second kappa shape index (κ2) is 10.7. The van der Waals surface area contributed by atoms with Crippen molar-refractivity contribution < 1.29 is 19.0 Å². The van der Waals surface area contributed by atoms with Gasteiger partial charge in [0.1, 0.15) is 30.0 Å². The van der Waals surface area contributed by atoms with E-state index in [2.05, 4.69) is 44.8 Å². The number of cyclic esters (lactones) is 1. The van der Waals surface area contributed by atoms with E-state index in [1.807, 2.05) is 33.8 Å². The van der Waals surface area contributed by atoms with Crippen molar-refractivity contribution in [2.45, 2.75) is 85.5 Å². The molecule has 0 bridgehead atoms. The number of ether oxygens (including phenoxy) is 3. The Labute approximate surface area is 203 Å². The van der Waals surface area contributed by atoms with Gasteiger partial charge in [-0.3, -0.25) is 4.90 Å². The summed E-state index contributed by atoms with van der Waals surface area (Å²) in [7, 11) is 0. The Morgan fingerprint density at radius 2 is 1.91 bits per heavy atom. The van der Waals surface area contributed by atoms with Gasteiger partial charge in [0.2, 0.25) is 0 Å². The standard InChI is InChI=1S/C27H39N3O4/c1-17(2)15-32-23-10-9-21(13-19(23)4)18(3)14-24-28-12-11-25(29-24)30-22(16-33-26(30)31)20(5)34-27(6,7)8/h9-13,17-18,20,22H,14-16H2,1-8H3/t18-,20-,22-/m1/s1. The molecule has 1 aromatic heterocycles. The van der Waals surface area contributed by atoms with Crippen LogP contribution in [0.15, 0.2) is 30.5 Å². The summed E-state index contributed by atoms with van der Waals surface area (Å²) in [5.74, 6) is 2.84. The van der Waals surface area contributed by atoms with Crippen LogP contribution in [0.25, 0.3) is 0 Å². The van der Waals surface area contributed by atoms with Crippen molar-refractivity contribution in [3.8, 4) is 5.75 Å². The average Bonchev–Trinajstić information content (AvgIpc) is 3.13. The number of hydrogen-bond acceptors (Lipinski definition) is 6. The molecule has 1 aliphatic rings. The number of aromatic nitrogens is 2. The van der Waals surface area contributed by atoms with Crippen LogP contribution >= 0.6 is 0 Å². The number of carbonyl (C=O) groups excluding carboxylic acids is 1. The molecule has 0 saturated carbocycles. The van der Waals surface area contributed by atoms with Crippen LogP contribution in [0.3, 0.4) is 0 Å². The number of amides is 1. The molecule has 2 aromatic rings. The monoisotopic (exact) mass is 469 g/mol. The average molecular weight is 470 g/mol. The van der Waals surface area contributed by atoms with Gasteiger partial charge in [-0.15, -0.1) is 0 Å². The van der Waals surface area contributed by atoms with E-state index in [1.165, 1.54) is 5.56 Å². The maximum atomic E-state index is 12.6. The Hall–Kier alpha value is -2.67. The van der Waals surface area contributed by atoms with Crippen LogP contribution < -0.4 is 9.64 Å². The number of nitrogens with zero attached hydrogens (tertiary/aromatic N) is 3. The second-order valence-corrected chi connectivity index (χ2v) is 10.6. The van der Waals surface area contributed by atoms with Gasteiger partial charge in [-0.2, -0.15) is 0 Å². The van der Waals surface area contributed by atoms with Gasteiger partial charge < -0.3 is 14.2 Å². The summed E-state index contributed by atoms with van der Waals surface area (Å²) in [4.78, 5) is 23.3. The number of anilines is 1. The fourth-order valence-corrected chi connectivity index (χ4v) is 4.09. The van der Waals surface area contributed by atoms with E-state index in [4.69, 9.17) is 19.2 Å². The Morgan fingerprint density at radius 1 is 1.18 bits per heavy atom. The summed E-state index contributed by atoms with van der Waals surface area (Å²) in [6.07, 6.45) is 1.75. The molecule has 0 unspecified atom stereocenters. The van der Waals surface area contributed by atoms with E-state index in [0.717, 1.165) is 11.3 Å². The van der Waals surface area contributed by atoms with Crippen molar-refractivity contribution in [3.05, 3.63) is 47.4 Å². The number of benzene rings is 1. The van der Waals surface area contributed by atoms with Crippen molar-refractivity contribution in [2.75, 3.05) is 18.1 Å². The van der Waals surface area contributed by atoms with Crippen molar-refractivity contribution in [3.63, 3.8) is 0 Å². The summed E-state index contributed by atoms with van der Waals surface area (Å²) in [5.41, 5.74) is 2.00. The molecule has 0 spiro atoms. The highest BCUT2D eigenvalue weighted by Crippen LogP contribution is 2.28. The predicted molar refractivity (Wildman–Crippen MR) is 134 cm³/mol. The molecule has 3 atom stereocenters. The first kappa shape index (κ1) is 25.9. The van der Waals surface area contributed by atoms with Crippen molar-refractivity contribution in [1.29, 1.82) is 0 Å². The topological polar surface area (TPSA) is 73.8 Å². The van der Waals surface area contributed by atoms with Crippen molar-refractivity contribution in [2.24, 2.45) is 5.92 Å². The quantitative estimate of drug-likeness (QED) is 0.469. The van der Waals surface area contributed by atoms with E-state index >= 15 is 0 Å². The molecule has 7 nitrogen and oxygen atoms in total. The van der Waals surface area contributed by atoms with Crippen LogP contribution in [0, 0.1) is 12.8 Å². The van der Waals surface area contributed by atoms with E-state index in [1.54, 1.807) is 17.2 Å². The lowest BCUT2D eigenvalue weighted by Gasteiger charge is -2.31. The lowest BCUT2D eigenvalue weighted by Crippen LogP contribution is -2.45. The van der Waals surface area contributed by atoms with Crippen LogP contribution in [0.2, 0.25) is 0 Å². The van der Waals surface area contributed by atoms with E-state index < -0.39 is 6.09 Å². The Bertz CT molecular complexity index is 986. The third-order valence-corrected chi connectivity index (χ3v) is 5.75. The molecule has 2 heterocycles. The van der Waals surface area contributed by atoms with Crippen molar-refractivity contribution in [1.82, 2.24) is 9.97 Å². The Morgan fingerprint density at radius 3 is 2.56 bits per heavy atom. The van der Waals surface area contributed by atoms with E-state index in [-0.39, 0.29) is 30.3 Å². The molecule has 186 valence electrons. The van der Waals surface area contributed by atoms with Gasteiger partial charge in [-0.25, -0.2) is 14.8 Å². The highest BCUT2D eigenvalue weighted by atomic mass is 16.6. The van der Waals surface area contributed by atoms with E-state index in [0.29, 0.717) is 30.6 Å². The molecule has 1 saturated heterocycles. The summed E-state index contributed by atoms with van der Waals surface area (Å²) >= 11 is 0. The van der Waals surface area contributed by atoms with Crippen LogP contribution in [0.4, 0.5) is 10.6 Å². The minimum atomic E-state index is -0.403. The van der Waals surface area contributed by atoms with Gasteiger partial charge in [0.15, 0.2) is 0 Å². The van der Waals surface area contributed by atoms with Crippen LogP contribution in [-0.2, 0) is 15.9 Å². The van der Waals surface area contributed by atoms with Crippen LogP contribution in [0.5, 0.6) is 5.75 Å². The molecule has 34 heavy (non-hydrogen) atoms. The van der Waals surface area contributed by atoms with Gasteiger partial charge >= 0.3 is 6.09 Å². The molecule has 0 N–H and O–H groups in total. The third-order valence-electron chi connectivity index (χ3n) is 5.75. The van der Waals surface area contributed by atoms with Gasteiger partial charge in [-0.1, -0.05) is 32.9 Å².